The number of aliphatic hydroxyl groups is 5. The molecule has 0 bridgehead atoms. The first-order valence-electron chi connectivity index (χ1n) is 24.4. The van der Waals surface area contributed by atoms with Crippen LogP contribution in [-0.2, 0) is 32.7 Å². The van der Waals surface area contributed by atoms with E-state index < -0.39 is 75.7 Å². The summed E-state index contributed by atoms with van der Waals surface area (Å²) in [6.45, 7) is 3.24. The second kappa shape index (κ2) is 39.0. The quantitative estimate of drug-likeness (QED) is 0.0147. The van der Waals surface area contributed by atoms with Crippen molar-refractivity contribution in [3.63, 3.8) is 0 Å². The fourth-order valence-electron chi connectivity index (χ4n) is 7.24. The van der Waals surface area contributed by atoms with Crippen LogP contribution in [0, 0.1) is 0 Å². The van der Waals surface area contributed by atoms with Crippen LogP contribution in [-0.4, -0.2) is 98.3 Å². The lowest BCUT2D eigenvalue weighted by Gasteiger charge is -2.41. The van der Waals surface area contributed by atoms with E-state index in [0.29, 0.717) is 19.3 Å². The number of carbonyl (C=O) groups excluding carboxylic acids is 2. The first kappa shape index (κ1) is 58.8. The molecule has 0 amide bonds. The Bertz CT molecular complexity index is 1290. The van der Waals surface area contributed by atoms with Gasteiger partial charge in [0.2, 0.25) is 0 Å². The van der Waals surface area contributed by atoms with Gasteiger partial charge in [-0.3, -0.25) is 18.6 Å². The van der Waals surface area contributed by atoms with Gasteiger partial charge in [-0.15, -0.1) is 0 Å². The van der Waals surface area contributed by atoms with Crippen LogP contribution in [0.2, 0.25) is 0 Å². The molecule has 1 saturated carbocycles. The van der Waals surface area contributed by atoms with E-state index in [4.69, 9.17) is 18.5 Å². The minimum absolute atomic E-state index is 0.0232. The van der Waals surface area contributed by atoms with Gasteiger partial charge in [-0.1, -0.05) is 184 Å². The molecule has 0 radical (unpaired) electrons. The number of rotatable bonds is 40. The molecule has 0 aromatic heterocycles. The molecule has 0 aromatic rings. The van der Waals surface area contributed by atoms with E-state index >= 15 is 0 Å². The van der Waals surface area contributed by atoms with Gasteiger partial charge in [-0.05, 0) is 44.9 Å². The van der Waals surface area contributed by atoms with Gasteiger partial charge in [-0.2, -0.15) is 0 Å². The number of carbonyl (C=O) groups is 2. The van der Waals surface area contributed by atoms with Gasteiger partial charge in [0.05, 0.1) is 6.61 Å². The largest absolute Gasteiger partial charge is 0.472 e. The maximum absolute atomic E-state index is 12.8. The molecular formula is C49H87O13P. The molecule has 14 heteroatoms. The first-order valence-corrected chi connectivity index (χ1v) is 25.9. The van der Waals surface area contributed by atoms with E-state index in [-0.39, 0.29) is 12.8 Å². The normalized spacial score (nSPS) is 22.1. The lowest BCUT2D eigenvalue weighted by Crippen LogP contribution is -2.64. The summed E-state index contributed by atoms with van der Waals surface area (Å²) in [6, 6.07) is 0. The minimum atomic E-state index is -5.14. The third-order valence-electron chi connectivity index (χ3n) is 11.2. The van der Waals surface area contributed by atoms with Crippen molar-refractivity contribution in [2.24, 2.45) is 0 Å². The lowest BCUT2D eigenvalue weighted by atomic mass is 9.85. The van der Waals surface area contributed by atoms with Crippen molar-refractivity contribution in [1.82, 2.24) is 0 Å². The number of hydrogen-bond donors (Lipinski definition) is 6. The van der Waals surface area contributed by atoms with E-state index in [0.717, 1.165) is 38.5 Å². The maximum Gasteiger partial charge on any atom is 0.472 e. The van der Waals surface area contributed by atoms with E-state index in [9.17, 15) is 44.6 Å². The summed E-state index contributed by atoms with van der Waals surface area (Å²) in [4.78, 5) is 35.7. The standard InChI is InChI=1S/C49H87O13P/c1-3-5-7-9-11-13-15-17-19-21-23-25-27-29-31-33-35-37-42(50)59-39-41(40-60-63(57,58)62-49-47(55)45(53)44(52)46(54)48(49)56)61-43(51)38-36-34-32-30-28-26-24-22-20-18-16-14-12-10-8-6-4-2/h14,16,20,22,26,28,32,34,41,44-49,52-56H,3-13,15,17-19,21,23-25,27,29-31,33,35-40H2,1-2H3,(H,57,58). The zero-order chi connectivity index (χ0) is 46.4. The molecule has 1 aliphatic rings. The predicted octanol–water partition coefficient (Wildman–Crippen LogP) is 9.95. The van der Waals surface area contributed by atoms with Gasteiger partial charge in [0.15, 0.2) is 6.10 Å². The first-order chi connectivity index (χ1) is 30.4. The SMILES string of the molecule is CCCCCCC=CCC=CCC=CCC=CCCC(=O)OC(COC(=O)CCCCCCCCCCCCCCCCCCC)COP(=O)(O)OC1C(O)C(O)C(O)C(O)C1O. The average molecular weight is 915 g/mol. The molecule has 1 fully saturated rings. The molecule has 0 heterocycles. The number of unbranched alkanes of at least 4 members (excludes halogenated alkanes) is 20. The molecule has 13 nitrogen and oxygen atoms in total. The van der Waals surface area contributed by atoms with E-state index in [1.54, 1.807) is 0 Å². The molecule has 0 aliphatic heterocycles. The zero-order valence-electron chi connectivity index (χ0n) is 38.9. The van der Waals surface area contributed by atoms with Crippen LogP contribution in [0.4, 0.5) is 0 Å². The van der Waals surface area contributed by atoms with Crippen molar-refractivity contribution in [3.8, 4) is 0 Å². The molecule has 6 unspecified atom stereocenters. The Balaban J connectivity index is 2.48. The second-order valence-corrected chi connectivity index (χ2v) is 18.4. The molecule has 6 N–H and O–H groups in total. The summed E-state index contributed by atoms with van der Waals surface area (Å²) in [5.74, 6) is -1.19. The highest BCUT2D eigenvalue weighted by atomic mass is 31.2. The van der Waals surface area contributed by atoms with Gasteiger partial charge in [0, 0.05) is 12.8 Å². The van der Waals surface area contributed by atoms with Crippen molar-refractivity contribution in [2.45, 2.75) is 236 Å². The lowest BCUT2D eigenvalue weighted by molar-refractivity contribution is -0.220. The number of esters is 2. The van der Waals surface area contributed by atoms with Gasteiger partial charge in [0.25, 0.3) is 0 Å². The molecular weight excluding hydrogens is 828 g/mol. The van der Waals surface area contributed by atoms with Crippen LogP contribution in [0.5, 0.6) is 0 Å². The molecule has 1 rings (SSSR count). The zero-order valence-corrected chi connectivity index (χ0v) is 39.8. The van der Waals surface area contributed by atoms with Crippen LogP contribution in [0.25, 0.3) is 0 Å². The molecule has 0 spiro atoms. The van der Waals surface area contributed by atoms with Gasteiger partial charge in [0.1, 0.15) is 43.2 Å². The van der Waals surface area contributed by atoms with Crippen molar-refractivity contribution in [1.29, 1.82) is 0 Å². The number of aliphatic hydroxyl groups excluding tert-OH is 5. The van der Waals surface area contributed by atoms with Crippen LogP contribution in [0.15, 0.2) is 48.6 Å². The fourth-order valence-corrected chi connectivity index (χ4v) is 8.21. The fraction of sp³-hybridized carbons (Fsp3) is 0.796. The number of allylic oxidation sites excluding steroid dienone is 8. The molecule has 0 saturated heterocycles. The van der Waals surface area contributed by atoms with Crippen LogP contribution in [0.1, 0.15) is 194 Å². The Hall–Kier alpha value is -2.19. The van der Waals surface area contributed by atoms with E-state index in [1.807, 2.05) is 18.2 Å². The number of hydrogen-bond acceptors (Lipinski definition) is 12. The smallest absolute Gasteiger partial charge is 0.462 e. The molecule has 1 aliphatic carbocycles. The second-order valence-electron chi connectivity index (χ2n) is 17.0. The molecule has 63 heavy (non-hydrogen) atoms. The van der Waals surface area contributed by atoms with Gasteiger partial charge in [-0.25, -0.2) is 4.57 Å². The third kappa shape index (κ3) is 31.4. The van der Waals surface area contributed by atoms with E-state index in [1.165, 1.54) is 109 Å². The van der Waals surface area contributed by atoms with Crippen molar-refractivity contribution in [3.05, 3.63) is 48.6 Å². The Morgan fingerprint density at radius 2 is 0.889 bits per heavy atom. The summed E-state index contributed by atoms with van der Waals surface area (Å²) >= 11 is 0. The van der Waals surface area contributed by atoms with Crippen LogP contribution >= 0.6 is 7.82 Å². The van der Waals surface area contributed by atoms with Crippen molar-refractivity contribution >= 4 is 19.8 Å². The minimum Gasteiger partial charge on any atom is -0.462 e. The summed E-state index contributed by atoms with van der Waals surface area (Å²) in [7, 11) is -5.14. The highest BCUT2D eigenvalue weighted by Crippen LogP contribution is 2.47. The summed E-state index contributed by atoms with van der Waals surface area (Å²) in [5, 5.41) is 50.2. The Kier molecular flexibility index (Phi) is 36.4. The topological polar surface area (TPSA) is 210 Å². The van der Waals surface area contributed by atoms with Crippen LogP contribution in [0.3, 0.4) is 0 Å². The number of phosphoric ester groups is 1. The number of phosphoric acid groups is 1. The van der Waals surface area contributed by atoms with E-state index in [2.05, 4.69) is 44.2 Å². The van der Waals surface area contributed by atoms with Gasteiger partial charge < -0.3 is 39.9 Å². The predicted molar refractivity (Wildman–Crippen MR) is 249 cm³/mol. The molecule has 0 aromatic carbocycles. The summed E-state index contributed by atoms with van der Waals surface area (Å²) < 4.78 is 33.5. The highest BCUT2D eigenvalue weighted by Gasteiger charge is 2.51. The summed E-state index contributed by atoms with van der Waals surface area (Å²) in [6.07, 6.45) is 33.2. The summed E-state index contributed by atoms with van der Waals surface area (Å²) in [5.41, 5.74) is 0. The van der Waals surface area contributed by atoms with Crippen molar-refractivity contribution < 1.29 is 63.1 Å². The number of ether oxygens (including phenoxy) is 2. The van der Waals surface area contributed by atoms with Gasteiger partial charge >= 0.3 is 19.8 Å². The Labute approximate surface area is 380 Å². The third-order valence-corrected chi connectivity index (χ3v) is 12.2. The molecule has 6 atom stereocenters. The van der Waals surface area contributed by atoms with Crippen LogP contribution < -0.4 is 0 Å². The van der Waals surface area contributed by atoms with Crippen molar-refractivity contribution in [2.75, 3.05) is 13.2 Å². The Morgan fingerprint density at radius 3 is 1.37 bits per heavy atom. The average Bonchev–Trinajstić information content (AvgIpc) is 3.26. The Morgan fingerprint density at radius 1 is 0.492 bits per heavy atom. The maximum atomic E-state index is 12.8. The molecule has 366 valence electrons. The monoisotopic (exact) mass is 915 g/mol. The highest BCUT2D eigenvalue weighted by molar-refractivity contribution is 7.47.